The highest BCUT2D eigenvalue weighted by Crippen LogP contribution is 2.31. The third kappa shape index (κ3) is 5.60. The minimum Gasteiger partial charge on any atom is -0.481 e. The van der Waals surface area contributed by atoms with E-state index in [0.717, 1.165) is 5.56 Å². The van der Waals surface area contributed by atoms with Gasteiger partial charge in [-0.2, -0.15) is 0 Å². The molecule has 30 heavy (non-hydrogen) atoms. The Kier molecular flexibility index (Phi) is 7.52. The molecule has 1 atom stereocenters. The average molecular weight is 486 g/mol. The molecule has 0 aliphatic rings. The topological polar surface area (TPSA) is 69.0 Å². The Morgan fingerprint density at radius 2 is 1.87 bits per heavy atom. The van der Waals surface area contributed by atoms with Crippen molar-refractivity contribution >= 4 is 58.2 Å². The lowest BCUT2D eigenvalue weighted by Crippen LogP contribution is -2.15. The van der Waals surface area contributed by atoms with Crippen molar-refractivity contribution in [2.45, 2.75) is 25.1 Å². The summed E-state index contributed by atoms with van der Waals surface area (Å²) in [6, 6.07) is 10.4. The number of aryl methyl sites for hydroxylation is 1. The monoisotopic (exact) mass is 484 g/mol. The molecule has 3 aromatic rings. The van der Waals surface area contributed by atoms with Crippen LogP contribution in [-0.2, 0) is 11.8 Å². The average Bonchev–Trinajstić information content (AvgIpc) is 3.06. The fourth-order valence-corrected chi connectivity index (χ4v) is 4.01. The largest absolute Gasteiger partial charge is 0.481 e. The van der Waals surface area contributed by atoms with Gasteiger partial charge in [-0.3, -0.25) is 4.79 Å². The number of nitrogens with one attached hydrogen (secondary N) is 1. The van der Waals surface area contributed by atoms with Crippen LogP contribution in [0, 0.1) is 6.92 Å². The lowest BCUT2D eigenvalue weighted by atomic mass is 10.2. The summed E-state index contributed by atoms with van der Waals surface area (Å²) < 4.78 is 7.68. The molecule has 6 nitrogen and oxygen atoms in total. The van der Waals surface area contributed by atoms with Crippen molar-refractivity contribution in [2.24, 2.45) is 7.05 Å². The number of rotatable bonds is 7. The third-order valence-corrected chi connectivity index (χ3v) is 6.02. The molecule has 0 radical (unpaired) electrons. The smallest absolute Gasteiger partial charge is 0.234 e. The Hall–Kier alpha value is -1.93. The van der Waals surface area contributed by atoms with Crippen molar-refractivity contribution in [3.05, 3.63) is 62.9 Å². The van der Waals surface area contributed by atoms with Gasteiger partial charge in [0.05, 0.1) is 10.8 Å². The summed E-state index contributed by atoms with van der Waals surface area (Å²) in [4.78, 5) is 12.3. The summed E-state index contributed by atoms with van der Waals surface area (Å²) in [6.45, 7) is 3.75. The van der Waals surface area contributed by atoms with Gasteiger partial charge in [-0.25, -0.2) is 0 Å². The van der Waals surface area contributed by atoms with E-state index < -0.39 is 6.10 Å². The predicted molar refractivity (Wildman–Crippen MR) is 122 cm³/mol. The lowest BCUT2D eigenvalue weighted by Gasteiger charge is -2.15. The van der Waals surface area contributed by atoms with E-state index in [1.54, 1.807) is 34.9 Å². The van der Waals surface area contributed by atoms with Crippen LogP contribution in [0.1, 0.15) is 24.4 Å². The molecule has 10 heteroatoms. The lowest BCUT2D eigenvalue weighted by molar-refractivity contribution is -0.113. The second-order valence-corrected chi connectivity index (χ2v) is 8.75. The highest BCUT2D eigenvalue weighted by molar-refractivity contribution is 7.99. The Morgan fingerprint density at radius 1 is 1.17 bits per heavy atom. The van der Waals surface area contributed by atoms with Crippen molar-refractivity contribution in [1.82, 2.24) is 14.8 Å². The Bertz CT molecular complexity index is 1070. The molecule has 2 aromatic carbocycles. The number of anilines is 1. The van der Waals surface area contributed by atoms with Crippen molar-refractivity contribution in [3.63, 3.8) is 0 Å². The summed E-state index contributed by atoms with van der Waals surface area (Å²) in [5.74, 6) is 1.12. The summed E-state index contributed by atoms with van der Waals surface area (Å²) in [6.07, 6.45) is -0.404. The molecule has 1 aromatic heterocycles. The molecule has 1 amide bonds. The summed E-state index contributed by atoms with van der Waals surface area (Å²) in [5.41, 5.74) is 1.62. The van der Waals surface area contributed by atoms with Gasteiger partial charge >= 0.3 is 0 Å². The molecule has 0 fully saturated rings. The minimum atomic E-state index is -0.404. The normalized spacial score (nSPS) is 11.9. The van der Waals surface area contributed by atoms with Gasteiger partial charge in [0.2, 0.25) is 5.91 Å². The number of hydrogen-bond acceptors (Lipinski definition) is 5. The number of thioether (sulfide) groups is 1. The van der Waals surface area contributed by atoms with E-state index in [2.05, 4.69) is 15.5 Å². The van der Waals surface area contributed by atoms with Gasteiger partial charge in [-0.15, -0.1) is 10.2 Å². The first-order chi connectivity index (χ1) is 14.2. The van der Waals surface area contributed by atoms with E-state index in [1.165, 1.54) is 11.8 Å². The van der Waals surface area contributed by atoms with Gasteiger partial charge in [-0.05, 0) is 49.7 Å². The van der Waals surface area contributed by atoms with Crippen LogP contribution in [0.15, 0.2) is 41.6 Å². The number of hydrogen-bond donors (Lipinski definition) is 1. The fourth-order valence-electron chi connectivity index (χ4n) is 2.67. The Morgan fingerprint density at radius 3 is 2.60 bits per heavy atom. The number of benzene rings is 2. The standard InChI is InChI=1S/C20H19Cl3N4O2S/c1-11-4-5-14(22)9-16(11)24-18(28)10-30-20-26-25-19(27(20)3)12(2)29-17-7-6-13(21)8-15(17)23/h4-9,12H,10H2,1-3H3,(H,24,28). The van der Waals surface area contributed by atoms with Gasteiger partial charge in [0, 0.05) is 22.8 Å². The maximum atomic E-state index is 12.3. The Balaban J connectivity index is 1.62. The van der Waals surface area contributed by atoms with Gasteiger partial charge in [-0.1, -0.05) is 52.6 Å². The maximum Gasteiger partial charge on any atom is 0.234 e. The number of carbonyl (C=O) groups excluding carboxylic acids is 1. The van der Waals surface area contributed by atoms with Gasteiger partial charge in [0.1, 0.15) is 5.75 Å². The van der Waals surface area contributed by atoms with E-state index in [9.17, 15) is 4.79 Å². The first-order valence-corrected chi connectivity index (χ1v) is 11.1. The van der Waals surface area contributed by atoms with Crippen LogP contribution in [0.25, 0.3) is 0 Å². The molecule has 1 N–H and O–H groups in total. The maximum absolute atomic E-state index is 12.3. The molecule has 0 saturated heterocycles. The molecule has 1 heterocycles. The molecule has 0 aliphatic carbocycles. The van der Waals surface area contributed by atoms with Crippen molar-refractivity contribution < 1.29 is 9.53 Å². The number of nitrogens with zero attached hydrogens (tertiary/aromatic N) is 3. The molecule has 0 bridgehead atoms. The van der Waals surface area contributed by atoms with Gasteiger partial charge < -0.3 is 14.6 Å². The van der Waals surface area contributed by atoms with E-state index in [-0.39, 0.29) is 11.7 Å². The van der Waals surface area contributed by atoms with Crippen LogP contribution in [0.3, 0.4) is 0 Å². The van der Waals surface area contributed by atoms with Crippen LogP contribution in [0.5, 0.6) is 5.75 Å². The summed E-state index contributed by atoms with van der Waals surface area (Å²) in [7, 11) is 1.82. The van der Waals surface area contributed by atoms with Crippen molar-refractivity contribution in [2.75, 3.05) is 11.1 Å². The first-order valence-electron chi connectivity index (χ1n) is 8.94. The van der Waals surface area contributed by atoms with Crippen LogP contribution in [-0.4, -0.2) is 26.4 Å². The van der Waals surface area contributed by atoms with Gasteiger partial charge in [0.25, 0.3) is 0 Å². The number of halogens is 3. The van der Waals surface area contributed by atoms with E-state index >= 15 is 0 Å². The quantitative estimate of drug-likeness (QED) is 0.418. The van der Waals surface area contributed by atoms with Crippen LogP contribution in [0.4, 0.5) is 5.69 Å². The summed E-state index contributed by atoms with van der Waals surface area (Å²) >= 11 is 19.4. The van der Waals surface area contributed by atoms with E-state index in [0.29, 0.717) is 37.5 Å². The zero-order valence-corrected chi connectivity index (χ0v) is 19.5. The molecule has 3 rings (SSSR count). The highest BCUT2D eigenvalue weighted by Gasteiger charge is 2.19. The van der Waals surface area contributed by atoms with Crippen LogP contribution in [0.2, 0.25) is 15.1 Å². The summed E-state index contributed by atoms with van der Waals surface area (Å²) in [5, 5.41) is 13.3. The number of carbonyl (C=O) groups is 1. The Labute approximate surface area is 193 Å². The molecule has 0 saturated carbocycles. The predicted octanol–water partition coefficient (Wildman–Crippen LogP) is 5.95. The SMILES string of the molecule is Cc1ccc(Cl)cc1NC(=O)CSc1nnc(C(C)Oc2ccc(Cl)cc2Cl)n1C. The number of aromatic nitrogens is 3. The van der Waals surface area contributed by atoms with Gasteiger partial charge in [0.15, 0.2) is 17.1 Å². The zero-order valence-electron chi connectivity index (χ0n) is 16.4. The van der Waals surface area contributed by atoms with E-state index in [4.69, 9.17) is 39.5 Å². The second-order valence-electron chi connectivity index (χ2n) is 6.53. The highest BCUT2D eigenvalue weighted by atomic mass is 35.5. The fraction of sp³-hybridized carbons (Fsp3) is 0.250. The van der Waals surface area contributed by atoms with Crippen molar-refractivity contribution in [1.29, 1.82) is 0 Å². The van der Waals surface area contributed by atoms with Crippen molar-refractivity contribution in [3.8, 4) is 5.75 Å². The first kappa shape index (κ1) is 22.7. The zero-order chi connectivity index (χ0) is 21.8. The van der Waals surface area contributed by atoms with Crippen LogP contribution >= 0.6 is 46.6 Å². The molecule has 0 spiro atoms. The molecule has 158 valence electrons. The number of ether oxygens (including phenoxy) is 1. The molecular formula is C20H19Cl3N4O2S. The molecular weight excluding hydrogens is 467 g/mol. The number of amides is 1. The minimum absolute atomic E-state index is 0.160. The van der Waals surface area contributed by atoms with E-state index in [1.807, 2.05) is 27.0 Å². The molecule has 0 aliphatic heterocycles. The third-order valence-electron chi connectivity index (χ3n) is 4.24. The van der Waals surface area contributed by atoms with Crippen LogP contribution < -0.4 is 10.1 Å². The second kappa shape index (κ2) is 9.92. The molecule has 1 unspecified atom stereocenters.